The van der Waals surface area contributed by atoms with Gasteiger partial charge in [0.2, 0.25) is 6.41 Å². The zero-order valence-electron chi connectivity index (χ0n) is 17.7. The van der Waals surface area contributed by atoms with Crippen LogP contribution < -0.4 is 19.1 Å². The van der Waals surface area contributed by atoms with Crippen LogP contribution in [0.15, 0.2) is 66.7 Å². The van der Waals surface area contributed by atoms with E-state index < -0.39 is 0 Å². The van der Waals surface area contributed by atoms with Gasteiger partial charge in [0.05, 0.1) is 31.4 Å². The summed E-state index contributed by atoms with van der Waals surface area (Å²) in [6.07, 6.45) is 0.854. The summed E-state index contributed by atoms with van der Waals surface area (Å²) in [5.74, 6) is 2.32. The molecule has 0 spiro atoms. The van der Waals surface area contributed by atoms with E-state index in [9.17, 15) is 4.79 Å². The van der Waals surface area contributed by atoms with Crippen LogP contribution in [0.3, 0.4) is 0 Å². The molecular formula is C25H22BrNO4S. The number of anilines is 2. The first-order valence-electron chi connectivity index (χ1n) is 9.96. The number of hydrogen-bond donors (Lipinski definition) is 0. The molecule has 0 atom stereocenters. The largest absolute Gasteiger partial charge is 0.497 e. The Morgan fingerprint density at radius 3 is 2.19 bits per heavy atom. The Hall–Kier alpha value is -3.03. The molecule has 0 bridgehead atoms. The normalized spacial score (nSPS) is 10.7. The zero-order chi connectivity index (χ0) is 22.5. The molecule has 1 heterocycles. The summed E-state index contributed by atoms with van der Waals surface area (Å²) >= 11 is 4.98. The van der Waals surface area contributed by atoms with E-state index in [1.165, 1.54) is 0 Å². The molecule has 0 aliphatic rings. The molecule has 0 unspecified atom stereocenters. The van der Waals surface area contributed by atoms with Crippen molar-refractivity contribution in [3.63, 3.8) is 0 Å². The van der Waals surface area contributed by atoms with E-state index in [2.05, 4.69) is 15.9 Å². The summed E-state index contributed by atoms with van der Waals surface area (Å²) in [6, 6.07) is 21.3. The Kier molecular flexibility index (Phi) is 6.97. The van der Waals surface area contributed by atoms with Gasteiger partial charge in [-0.2, -0.15) is 0 Å². The predicted molar refractivity (Wildman–Crippen MR) is 134 cm³/mol. The minimum Gasteiger partial charge on any atom is -0.497 e. The number of halogens is 1. The SMILES string of the molecule is COc1ccc(-c2sc3cc(OC)ccc3c2N(C=O)c2ccc(OCCBr)cc2)cc1. The molecule has 0 fully saturated rings. The van der Waals surface area contributed by atoms with Crippen molar-refractivity contribution < 1.29 is 19.0 Å². The maximum absolute atomic E-state index is 12.4. The molecule has 0 saturated carbocycles. The number of benzene rings is 3. The van der Waals surface area contributed by atoms with Crippen LogP contribution in [-0.4, -0.2) is 32.6 Å². The van der Waals surface area contributed by atoms with Gasteiger partial charge in [-0.1, -0.05) is 15.9 Å². The van der Waals surface area contributed by atoms with Gasteiger partial charge in [0.25, 0.3) is 0 Å². The lowest BCUT2D eigenvalue weighted by atomic mass is 10.1. The van der Waals surface area contributed by atoms with Gasteiger partial charge >= 0.3 is 0 Å². The molecule has 1 aromatic heterocycles. The van der Waals surface area contributed by atoms with E-state index >= 15 is 0 Å². The number of carbonyl (C=O) groups excluding carboxylic acids is 1. The molecular weight excluding hydrogens is 490 g/mol. The third-order valence-corrected chi connectivity index (χ3v) is 6.54. The van der Waals surface area contributed by atoms with Crippen molar-refractivity contribution in [1.29, 1.82) is 0 Å². The molecule has 5 nitrogen and oxygen atoms in total. The van der Waals surface area contributed by atoms with Crippen LogP contribution in [0.25, 0.3) is 20.5 Å². The summed E-state index contributed by atoms with van der Waals surface area (Å²) in [6.45, 7) is 0.579. The summed E-state index contributed by atoms with van der Waals surface area (Å²) in [4.78, 5) is 15.0. The van der Waals surface area contributed by atoms with E-state index in [0.29, 0.717) is 6.61 Å². The van der Waals surface area contributed by atoms with Crippen LogP contribution >= 0.6 is 27.3 Å². The highest BCUT2D eigenvalue weighted by Gasteiger charge is 2.21. The Bertz CT molecular complexity index is 1210. The molecule has 1 amide bonds. The lowest BCUT2D eigenvalue weighted by molar-refractivity contribution is -0.106. The van der Waals surface area contributed by atoms with E-state index in [1.54, 1.807) is 30.5 Å². The van der Waals surface area contributed by atoms with Crippen LogP contribution in [0, 0.1) is 0 Å². The standard InChI is InChI=1S/C25H22BrNO4S/c1-29-19-7-3-17(4-8-19)25-24(22-12-11-21(30-2)15-23(22)32-25)27(16-28)18-5-9-20(10-6-18)31-14-13-26/h3-12,15-16H,13-14H2,1-2H3. The average Bonchev–Trinajstić information content (AvgIpc) is 3.22. The first kappa shape index (κ1) is 22.2. The monoisotopic (exact) mass is 511 g/mol. The molecule has 4 rings (SSSR count). The zero-order valence-corrected chi connectivity index (χ0v) is 20.1. The van der Waals surface area contributed by atoms with Crippen LogP contribution in [0.4, 0.5) is 11.4 Å². The van der Waals surface area contributed by atoms with Gasteiger partial charge in [0.1, 0.15) is 17.2 Å². The fourth-order valence-corrected chi connectivity index (χ4v) is 4.86. The van der Waals surface area contributed by atoms with E-state index in [4.69, 9.17) is 14.2 Å². The smallest absolute Gasteiger partial charge is 0.218 e. The lowest BCUT2D eigenvalue weighted by Gasteiger charge is -2.20. The van der Waals surface area contributed by atoms with Crippen molar-refractivity contribution in [2.75, 3.05) is 31.1 Å². The fraction of sp³-hybridized carbons (Fsp3) is 0.160. The summed E-state index contributed by atoms with van der Waals surface area (Å²) in [7, 11) is 3.29. The number of alkyl halides is 1. The van der Waals surface area contributed by atoms with Crippen LogP contribution in [0.2, 0.25) is 0 Å². The van der Waals surface area contributed by atoms with E-state index in [0.717, 1.165) is 60.9 Å². The van der Waals surface area contributed by atoms with Crippen molar-refractivity contribution >= 4 is 55.1 Å². The average molecular weight is 512 g/mol. The number of fused-ring (bicyclic) bond motifs is 1. The van der Waals surface area contributed by atoms with Gasteiger partial charge in [-0.3, -0.25) is 9.69 Å². The molecule has 0 saturated heterocycles. The number of methoxy groups -OCH3 is 2. The number of amides is 1. The Balaban J connectivity index is 1.84. The second-order valence-electron chi connectivity index (χ2n) is 6.88. The molecule has 0 aliphatic heterocycles. The number of carbonyl (C=O) groups is 1. The topological polar surface area (TPSA) is 48.0 Å². The van der Waals surface area contributed by atoms with Gasteiger partial charge in [-0.25, -0.2) is 0 Å². The molecule has 0 aliphatic carbocycles. The molecule has 7 heteroatoms. The number of thiophene rings is 1. The maximum atomic E-state index is 12.4. The predicted octanol–water partition coefficient (Wildman–Crippen LogP) is 6.65. The van der Waals surface area contributed by atoms with Crippen LogP contribution in [0.1, 0.15) is 0 Å². The number of hydrogen-bond acceptors (Lipinski definition) is 5. The summed E-state index contributed by atoms with van der Waals surface area (Å²) in [5.41, 5.74) is 2.60. The first-order chi connectivity index (χ1) is 15.7. The first-order valence-corrected chi connectivity index (χ1v) is 11.9. The minimum absolute atomic E-state index is 0.579. The summed E-state index contributed by atoms with van der Waals surface area (Å²) in [5, 5.41) is 1.73. The van der Waals surface area contributed by atoms with Crippen molar-refractivity contribution in [3.05, 3.63) is 66.7 Å². The second-order valence-corrected chi connectivity index (χ2v) is 8.72. The van der Waals surface area contributed by atoms with Gasteiger partial charge in [-0.05, 0) is 72.3 Å². The fourth-order valence-electron chi connectivity index (χ4n) is 3.47. The van der Waals surface area contributed by atoms with Crippen molar-refractivity contribution in [3.8, 4) is 27.7 Å². The molecule has 4 aromatic rings. The van der Waals surface area contributed by atoms with E-state index in [1.807, 2.05) is 66.7 Å². The van der Waals surface area contributed by atoms with Crippen LogP contribution in [0.5, 0.6) is 17.2 Å². The summed E-state index contributed by atoms with van der Waals surface area (Å²) < 4.78 is 17.4. The van der Waals surface area contributed by atoms with Gasteiger partial charge in [0.15, 0.2) is 0 Å². The number of ether oxygens (including phenoxy) is 3. The molecule has 0 radical (unpaired) electrons. The third-order valence-electron chi connectivity index (χ3n) is 5.03. The van der Waals surface area contributed by atoms with Gasteiger partial charge in [-0.15, -0.1) is 11.3 Å². The Morgan fingerprint density at radius 2 is 1.56 bits per heavy atom. The van der Waals surface area contributed by atoms with Crippen molar-refractivity contribution in [1.82, 2.24) is 0 Å². The molecule has 3 aromatic carbocycles. The number of nitrogens with zero attached hydrogens (tertiary/aromatic N) is 1. The van der Waals surface area contributed by atoms with Gasteiger partial charge in [0, 0.05) is 21.1 Å². The molecule has 32 heavy (non-hydrogen) atoms. The quantitative estimate of drug-likeness (QED) is 0.186. The van der Waals surface area contributed by atoms with E-state index in [-0.39, 0.29) is 0 Å². The third kappa shape index (κ3) is 4.45. The highest BCUT2D eigenvalue weighted by Crippen LogP contribution is 2.47. The highest BCUT2D eigenvalue weighted by molar-refractivity contribution is 9.09. The highest BCUT2D eigenvalue weighted by atomic mass is 79.9. The Labute approximate surface area is 199 Å². The van der Waals surface area contributed by atoms with Crippen molar-refractivity contribution in [2.24, 2.45) is 0 Å². The minimum atomic E-state index is 0.579. The van der Waals surface area contributed by atoms with Gasteiger partial charge < -0.3 is 14.2 Å². The molecule has 0 N–H and O–H groups in total. The number of rotatable bonds is 9. The Morgan fingerprint density at radius 1 is 0.906 bits per heavy atom. The second kappa shape index (κ2) is 10.1. The lowest BCUT2D eigenvalue weighted by Crippen LogP contribution is -2.14. The van der Waals surface area contributed by atoms with Crippen molar-refractivity contribution in [2.45, 2.75) is 0 Å². The maximum Gasteiger partial charge on any atom is 0.218 e. The molecule has 164 valence electrons. The van der Waals surface area contributed by atoms with Crippen LogP contribution in [-0.2, 0) is 4.79 Å².